The summed E-state index contributed by atoms with van der Waals surface area (Å²) in [6, 6.07) is 6.13. The number of aromatic nitrogens is 2. The molecule has 0 aliphatic heterocycles. The van der Waals surface area contributed by atoms with Crippen molar-refractivity contribution >= 4 is 27.0 Å². The van der Waals surface area contributed by atoms with Crippen LogP contribution in [0.4, 0.5) is 0 Å². The second kappa shape index (κ2) is 3.47. The molecule has 3 N–H and O–H groups in total. The van der Waals surface area contributed by atoms with E-state index in [0.717, 1.165) is 22.2 Å². The average molecular weight is 240 g/mol. The zero-order chi connectivity index (χ0) is 9.26. The number of benzene rings is 1. The number of aromatic amines is 1. The van der Waals surface area contributed by atoms with Crippen LogP contribution in [0.1, 0.15) is 11.4 Å². The summed E-state index contributed by atoms with van der Waals surface area (Å²) < 4.78 is 0. The van der Waals surface area contributed by atoms with E-state index in [1.54, 1.807) is 0 Å². The summed E-state index contributed by atoms with van der Waals surface area (Å²) in [4.78, 5) is 7.47. The Balaban J connectivity index is 2.57. The lowest BCUT2D eigenvalue weighted by Gasteiger charge is -1.92. The van der Waals surface area contributed by atoms with Gasteiger partial charge in [0.05, 0.1) is 17.6 Å². The van der Waals surface area contributed by atoms with Crippen LogP contribution >= 0.6 is 15.9 Å². The fourth-order valence-corrected chi connectivity index (χ4v) is 1.64. The van der Waals surface area contributed by atoms with Crippen molar-refractivity contribution in [2.24, 2.45) is 5.73 Å². The summed E-state index contributed by atoms with van der Waals surface area (Å²) in [6.45, 7) is 0.457. The number of hydrogen-bond acceptors (Lipinski definition) is 2. The van der Waals surface area contributed by atoms with E-state index in [4.69, 9.17) is 5.73 Å². The Labute approximate surface area is 84.5 Å². The minimum atomic E-state index is 0.457. The van der Waals surface area contributed by atoms with Crippen LogP contribution in [-0.4, -0.2) is 9.97 Å². The van der Waals surface area contributed by atoms with E-state index < -0.39 is 0 Å². The van der Waals surface area contributed by atoms with E-state index in [9.17, 15) is 0 Å². The predicted octanol–water partition coefficient (Wildman–Crippen LogP) is 1.92. The molecule has 4 heteroatoms. The van der Waals surface area contributed by atoms with E-state index >= 15 is 0 Å². The van der Waals surface area contributed by atoms with Gasteiger partial charge in [0.25, 0.3) is 0 Å². The van der Waals surface area contributed by atoms with Gasteiger partial charge in [0.1, 0.15) is 5.82 Å². The Kier molecular flexibility index (Phi) is 2.33. The second-order valence-electron chi connectivity index (χ2n) is 2.87. The fraction of sp³-hybridized carbons (Fsp3) is 0.222. The Morgan fingerprint density at radius 3 is 3.00 bits per heavy atom. The van der Waals surface area contributed by atoms with Crippen molar-refractivity contribution in [1.29, 1.82) is 0 Å². The SMILES string of the molecule is NCc1nc2ccc(CBr)cc2[nH]1. The molecular formula is C9H10BrN3. The molecule has 0 aliphatic carbocycles. The summed E-state index contributed by atoms with van der Waals surface area (Å²) in [5.74, 6) is 0.835. The molecule has 0 fully saturated rings. The van der Waals surface area contributed by atoms with Crippen molar-refractivity contribution in [3.8, 4) is 0 Å². The first-order valence-corrected chi connectivity index (χ1v) is 5.19. The van der Waals surface area contributed by atoms with E-state index in [1.807, 2.05) is 6.07 Å². The van der Waals surface area contributed by atoms with Crippen molar-refractivity contribution in [1.82, 2.24) is 9.97 Å². The smallest absolute Gasteiger partial charge is 0.121 e. The number of rotatable bonds is 2. The Bertz CT molecular complexity index is 420. The highest BCUT2D eigenvalue weighted by atomic mass is 79.9. The molecule has 13 heavy (non-hydrogen) atoms. The van der Waals surface area contributed by atoms with Crippen molar-refractivity contribution in [3.05, 3.63) is 29.6 Å². The van der Waals surface area contributed by atoms with Crippen LogP contribution in [0.5, 0.6) is 0 Å². The molecule has 1 aromatic heterocycles. The molecule has 1 aromatic carbocycles. The van der Waals surface area contributed by atoms with Crippen molar-refractivity contribution in [2.45, 2.75) is 11.9 Å². The van der Waals surface area contributed by atoms with Crippen molar-refractivity contribution in [2.75, 3.05) is 0 Å². The number of alkyl halides is 1. The van der Waals surface area contributed by atoms with Gasteiger partial charge in [0.2, 0.25) is 0 Å². The van der Waals surface area contributed by atoms with Gasteiger partial charge in [-0.25, -0.2) is 4.98 Å². The Hall–Kier alpha value is -0.870. The third kappa shape index (κ3) is 1.59. The van der Waals surface area contributed by atoms with Crippen LogP contribution < -0.4 is 5.73 Å². The number of nitrogens with zero attached hydrogens (tertiary/aromatic N) is 1. The van der Waals surface area contributed by atoms with Crippen LogP contribution in [0.3, 0.4) is 0 Å². The summed E-state index contributed by atoms with van der Waals surface area (Å²) in [5, 5.41) is 0.861. The average Bonchev–Trinajstić information content (AvgIpc) is 2.58. The van der Waals surface area contributed by atoms with Gasteiger partial charge in [-0.1, -0.05) is 22.0 Å². The number of halogens is 1. The predicted molar refractivity (Wildman–Crippen MR) is 56.6 cm³/mol. The first-order chi connectivity index (χ1) is 6.33. The van der Waals surface area contributed by atoms with Gasteiger partial charge in [-0.2, -0.15) is 0 Å². The fourth-order valence-electron chi connectivity index (χ4n) is 1.29. The molecule has 0 bridgehead atoms. The van der Waals surface area contributed by atoms with Gasteiger partial charge < -0.3 is 10.7 Å². The van der Waals surface area contributed by atoms with E-state index in [0.29, 0.717) is 6.54 Å². The number of nitrogens with one attached hydrogen (secondary N) is 1. The minimum Gasteiger partial charge on any atom is -0.341 e. The van der Waals surface area contributed by atoms with Crippen LogP contribution in [0.15, 0.2) is 18.2 Å². The monoisotopic (exact) mass is 239 g/mol. The molecule has 68 valence electrons. The molecule has 0 saturated heterocycles. The third-order valence-corrected chi connectivity index (χ3v) is 2.59. The molecule has 0 saturated carbocycles. The maximum atomic E-state index is 5.48. The number of hydrogen-bond donors (Lipinski definition) is 2. The maximum absolute atomic E-state index is 5.48. The normalized spacial score (nSPS) is 10.9. The molecule has 0 unspecified atom stereocenters. The van der Waals surface area contributed by atoms with E-state index in [1.165, 1.54) is 5.56 Å². The Morgan fingerprint density at radius 1 is 1.46 bits per heavy atom. The van der Waals surface area contributed by atoms with E-state index in [2.05, 4.69) is 38.0 Å². The molecule has 0 atom stereocenters. The first-order valence-electron chi connectivity index (χ1n) is 4.07. The third-order valence-electron chi connectivity index (χ3n) is 1.94. The van der Waals surface area contributed by atoms with E-state index in [-0.39, 0.29) is 0 Å². The lowest BCUT2D eigenvalue weighted by atomic mass is 10.2. The highest BCUT2D eigenvalue weighted by Crippen LogP contribution is 2.15. The van der Waals surface area contributed by atoms with Crippen LogP contribution in [-0.2, 0) is 11.9 Å². The van der Waals surface area contributed by atoms with Crippen LogP contribution in [0.25, 0.3) is 11.0 Å². The number of nitrogens with two attached hydrogens (primary N) is 1. The molecule has 0 radical (unpaired) electrons. The van der Waals surface area contributed by atoms with Crippen LogP contribution in [0, 0.1) is 0 Å². The summed E-state index contributed by atoms with van der Waals surface area (Å²) in [7, 11) is 0. The zero-order valence-corrected chi connectivity index (χ0v) is 8.63. The zero-order valence-electron chi connectivity index (χ0n) is 7.05. The lowest BCUT2D eigenvalue weighted by Crippen LogP contribution is -1.97. The standard InChI is InChI=1S/C9H10BrN3/c10-4-6-1-2-7-8(3-6)13-9(5-11)12-7/h1-3H,4-5,11H2,(H,12,13). The minimum absolute atomic E-state index is 0.457. The molecule has 0 amide bonds. The van der Waals surface area contributed by atoms with Gasteiger partial charge in [0.15, 0.2) is 0 Å². The number of imidazole rings is 1. The van der Waals surface area contributed by atoms with Crippen molar-refractivity contribution in [3.63, 3.8) is 0 Å². The largest absolute Gasteiger partial charge is 0.341 e. The molecular weight excluding hydrogens is 230 g/mol. The molecule has 0 aliphatic rings. The highest BCUT2D eigenvalue weighted by Gasteiger charge is 2.01. The summed E-state index contributed by atoms with van der Waals surface area (Å²) >= 11 is 3.41. The Morgan fingerprint density at radius 2 is 2.31 bits per heavy atom. The van der Waals surface area contributed by atoms with Crippen LogP contribution in [0.2, 0.25) is 0 Å². The quantitative estimate of drug-likeness (QED) is 0.788. The van der Waals surface area contributed by atoms with Crippen molar-refractivity contribution < 1.29 is 0 Å². The van der Waals surface area contributed by atoms with Gasteiger partial charge in [0, 0.05) is 5.33 Å². The molecule has 3 nitrogen and oxygen atoms in total. The molecule has 1 heterocycles. The number of fused-ring (bicyclic) bond motifs is 1. The van der Waals surface area contributed by atoms with Gasteiger partial charge in [-0.15, -0.1) is 0 Å². The second-order valence-corrected chi connectivity index (χ2v) is 3.43. The van der Waals surface area contributed by atoms with Gasteiger partial charge in [-0.05, 0) is 17.7 Å². The highest BCUT2D eigenvalue weighted by molar-refractivity contribution is 9.08. The topological polar surface area (TPSA) is 54.7 Å². The molecule has 2 aromatic rings. The maximum Gasteiger partial charge on any atom is 0.121 e. The van der Waals surface area contributed by atoms with Gasteiger partial charge >= 0.3 is 0 Å². The molecule has 0 spiro atoms. The lowest BCUT2D eigenvalue weighted by molar-refractivity contribution is 0.958. The summed E-state index contributed by atoms with van der Waals surface area (Å²) in [6.07, 6.45) is 0. The first kappa shape index (κ1) is 8.72. The van der Waals surface area contributed by atoms with Gasteiger partial charge in [-0.3, -0.25) is 0 Å². The number of H-pyrrole nitrogens is 1. The molecule has 2 rings (SSSR count). The summed E-state index contributed by atoms with van der Waals surface area (Å²) in [5.41, 5.74) is 8.75.